The molecule has 0 saturated carbocycles. The third kappa shape index (κ3) is 5.45. The van der Waals surface area contributed by atoms with Gasteiger partial charge in [0, 0.05) is 16.8 Å². The smallest absolute Gasteiger partial charge is 0.254 e. The Morgan fingerprint density at radius 2 is 1.62 bits per heavy atom. The second-order valence-corrected chi connectivity index (χ2v) is 7.13. The van der Waals surface area contributed by atoms with Gasteiger partial charge < -0.3 is 10.2 Å². The second kappa shape index (κ2) is 9.98. The lowest BCUT2D eigenvalue weighted by atomic mass is 10.1. The molecule has 0 aliphatic rings. The number of nitriles is 1. The average Bonchev–Trinajstić information content (AvgIpc) is 2.77. The minimum absolute atomic E-state index is 0.123. The van der Waals surface area contributed by atoms with Crippen LogP contribution in [-0.4, -0.2) is 23.3 Å². The first-order chi connectivity index (χ1) is 15.3. The molecule has 0 radical (unpaired) electrons. The number of benzene rings is 3. The summed E-state index contributed by atoms with van der Waals surface area (Å²) in [4.78, 5) is 26.5. The molecule has 162 valence electrons. The van der Waals surface area contributed by atoms with E-state index in [9.17, 15) is 22.8 Å². The van der Waals surface area contributed by atoms with E-state index >= 15 is 0 Å². The highest BCUT2D eigenvalue weighted by atomic mass is 35.5. The van der Waals surface area contributed by atoms with E-state index in [2.05, 4.69) is 5.32 Å². The van der Waals surface area contributed by atoms with Crippen LogP contribution >= 0.6 is 11.6 Å². The maximum Gasteiger partial charge on any atom is 0.254 e. The van der Waals surface area contributed by atoms with Gasteiger partial charge in [-0.05, 0) is 54.6 Å². The molecule has 0 aliphatic carbocycles. The lowest BCUT2D eigenvalue weighted by Crippen LogP contribution is -2.38. The molecule has 0 spiro atoms. The van der Waals surface area contributed by atoms with Crippen LogP contribution in [0, 0.1) is 28.8 Å². The molecule has 2 amide bonds. The van der Waals surface area contributed by atoms with Gasteiger partial charge in [0.05, 0.1) is 23.2 Å². The molecular weight excluding hydrogens is 443 g/mol. The fourth-order valence-electron chi connectivity index (χ4n) is 2.89. The minimum atomic E-state index is -0.867. The van der Waals surface area contributed by atoms with Crippen molar-refractivity contribution in [3.05, 3.63) is 99.8 Å². The van der Waals surface area contributed by atoms with Gasteiger partial charge in [0.1, 0.15) is 24.0 Å². The molecule has 3 aromatic carbocycles. The summed E-state index contributed by atoms with van der Waals surface area (Å²) in [5, 5.41) is 11.2. The molecular formula is C23H15ClF3N3O2. The first-order valence-electron chi connectivity index (χ1n) is 9.25. The van der Waals surface area contributed by atoms with E-state index in [1.54, 1.807) is 0 Å². The molecule has 0 heterocycles. The molecule has 3 aromatic rings. The Morgan fingerprint density at radius 3 is 2.22 bits per heavy atom. The van der Waals surface area contributed by atoms with Crippen LogP contribution in [0.15, 0.2) is 60.7 Å². The minimum Gasteiger partial charge on any atom is -0.325 e. The number of hydrogen-bond donors (Lipinski definition) is 1. The summed E-state index contributed by atoms with van der Waals surface area (Å²) in [5.41, 5.74) is 0.244. The highest BCUT2D eigenvalue weighted by Crippen LogP contribution is 2.20. The van der Waals surface area contributed by atoms with Crippen LogP contribution in [0.3, 0.4) is 0 Å². The summed E-state index contributed by atoms with van der Waals surface area (Å²) in [6.45, 7) is -1.07. The van der Waals surface area contributed by atoms with E-state index in [0.29, 0.717) is 5.56 Å². The van der Waals surface area contributed by atoms with Crippen molar-refractivity contribution in [3.63, 3.8) is 0 Å². The van der Waals surface area contributed by atoms with Crippen LogP contribution in [0.5, 0.6) is 0 Å². The van der Waals surface area contributed by atoms with Gasteiger partial charge in [-0.1, -0.05) is 17.7 Å². The van der Waals surface area contributed by atoms with Gasteiger partial charge in [-0.25, -0.2) is 13.2 Å². The maximum atomic E-state index is 14.2. The molecule has 0 aromatic heterocycles. The summed E-state index contributed by atoms with van der Waals surface area (Å²) < 4.78 is 41.7. The lowest BCUT2D eigenvalue weighted by molar-refractivity contribution is -0.117. The fourth-order valence-corrected chi connectivity index (χ4v) is 3.07. The molecule has 0 aliphatic heterocycles. The quantitative estimate of drug-likeness (QED) is 0.571. The Labute approximate surface area is 186 Å². The Hall–Kier alpha value is -3.83. The Balaban J connectivity index is 1.86. The largest absolute Gasteiger partial charge is 0.325 e. The Kier molecular flexibility index (Phi) is 7.13. The summed E-state index contributed by atoms with van der Waals surface area (Å²) in [7, 11) is 0. The standard InChI is InChI=1S/C23H15ClF3N3O2/c24-18-10-16(8-9-21(18)27)29-22(31)13-30(12-17-19(25)2-1-3-20(17)26)23(32)15-6-4-14(11-28)5-7-15/h1-10H,12-13H2,(H,29,31). The zero-order chi connectivity index (χ0) is 23.3. The van der Waals surface area contributed by atoms with E-state index in [4.69, 9.17) is 16.9 Å². The van der Waals surface area contributed by atoms with Crippen molar-refractivity contribution < 1.29 is 22.8 Å². The van der Waals surface area contributed by atoms with Gasteiger partial charge in [-0.15, -0.1) is 0 Å². The van der Waals surface area contributed by atoms with Crippen LogP contribution in [0.1, 0.15) is 21.5 Å². The number of nitrogens with one attached hydrogen (secondary N) is 1. The first-order valence-corrected chi connectivity index (χ1v) is 9.63. The summed E-state index contributed by atoms with van der Waals surface area (Å²) in [6, 6.07) is 14.3. The normalized spacial score (nSPS) is 10.3. The van der Waals surface area contributed by atoms with Gasteiger partial charge in [0.15, 0.2) is 0 Å². The Morgan fingerprint density at radius 1 is 0.969 bits per heavy atom. The van der Waals surface area contributed by atoms with Crippen molar-refractivity contribution in [1.82, 2.24) is 4.90 Å². The summed E-state index contributed by atoms with van der Waals surface area (Å²) in [6.07, 6.45) is 0. The predicted molar refractivity (Wildman–Crippen MR) is 112 cm³/mol. The lowest BCUT2D eigenvalue weighted by Gasteiger charge is -2.23. The number of carbonyl (C=O) groups is 2. The number of hydrogen-bond acceptors (Lipinski definition) is 3. The molecule has 32 heavy (non-hydrogen) atoms. The van der Waals surface area contributed by atoms with Gasteiger partial charge in [-0.3, -0.25) is 9.59 Å². The molecule has 1 N–H and O–H groups in total. The molecule has 0 unspecified atom stereocenters. The molecule has 0 atom stereocenters. The molecule has 0 saturated heterocycles. The molecule has 0 bridgehead atoms. The first kappa shape index (κ1) is 22.8. The molecule has 3 rings (SSSR count). The van der Waals surface area contributed by atoms with Crippen molar-refractivity contribution in [2.24, 2.45) is 0 Å². The number of rotatable bonds is 6. The highest BCUT2D eigenvalue weighted by molar-refractivity contribution is 6.31. The van der Waals surface area contributed by atoms with Gasteiger partial charge in [-0.2, -0.15) is 5.26 Å². The van der Waals surface area contributed by atoms with E-state index in [0.717, 1.165) is 23.1 Å². The van der Waals surface area contributed by atoms with Crippen molar-refractivity contribution in [2.75, 3.05) is 11.9 Å². The van der Waals surface area contributed by atoms with E-state index in [1.165, 1.54) is 42.5 Å². The number of nitrogens with zero attached hydrogens (tertiary/aromatic N) is 2. The number of carbonyl (C=O) groups excluding carboxylic acids is 2. The van der Waals surface area contributed by atoms with Crippen molar-refractivity contribution in [2.45, 2.75) is 6.54 Å². The van der Waals surface area contributed by atoms with Crippen molar-refractivity contribution in [1.29, 1.82) is 5.26 Å². The number of halogens is 4. The number of anilines is 1. The van der Waals surface area contributed by atoms with Gasteiger partial charge in [0.25, 0.3) is 5.91 Å². The zero-order valence-corrected chi connectivity index (χ0v) is 17.2. The van der Waals surface area contributed by atoms with E-state index < -0.39 is 42.4 Å². The van der Waals surface area contributed by atoms with Crippen LogP contribution in [0.2, 0.25) is 5.02 Å². The van der Waals surface area contributed by atoms with Crippen molar-refractivity contribution >= 4 is 29.1 Å². The zero-order valence-electron chi connectivity index (χ0n) is 16.4. The van der Waals surface area contributed by atoms with E-state index in [1.807, 2.05) is 6.07 Å². The third-order valence-corrected chi connectivity index (χ3v) is 4.79. The monoisotopic (exact) mass is 457 g/mol. The maximum absolute atomic E-state index is 14.2. The average molecular weight is 458 g/mol. The summed E-state index contributed by atoms with van der Waals surface area (Å²) >= 11 is 5.70. The van der Waals surface area contributed by atoms with Crippen molar-refractivity contribution in [3.8, 4) is 6.07 Å². The van der Waals surface area contributed by atoms with Gasteiger partial charge >= 0.3 is 0 Å². The van der Waals surface area contributed by atoms with E-state index in [-0.39, 0.29) is 21.8 Å². The molecule has 0 fully saturated rings. The van der Waals surface area contributed by atoms with Crippen LogP contribution in [0.4, 0.5) is 18.9 Å². The fraction of sp³-hybridized carbons (Fsp3) is 0.0870. The van der Waals surface area contributed by atoms with Crippen LogP contribution in [-0.2, 0) is 11.3 Å². The number of amides is 2. The van der Waals surface area contributed by atoms with Crippen LogP contribution in [0.25, 0.3) is 0 Å². The topological polar surface area (TPSA) is 73.2 Å². The second-order valence-electron chi connectivity index (χ2n) is 6.73. The predicted octanol–water partition coefficient (Wildman–Crippen LogP) is 4.91. The van der Waals surface area contributed by atoms with Gasteiger partial charge in [0.2, 0.25) is 5.91 Å². The van der Waals surface area contributed by atoms with Crippen LogP contribution < -0.4 is 5.32 Å². The SMILES string of the molecule is N#Cc1ccc(C(=O)N(CC(=O)Nc2ccc(F)c(Cl)c2)Cc2c(F)cccc2F)cc1. The Bertz CT molecular complexity index is 1190. The highest BCUT2D eigenvalue weighted by Gasteiger charge is 2.22. The molecule has 5 nitrogen and oxygen atoms in total. The summed E-state index contributed by atoms with van der Waals surface area (Å²) in [5.74, 6) is -3.77. The third-order valence-electron chi connectivity index (χ3n) is 4.50. The molecule has 9 heteroatoms.